The van der Waals surface area contributed by atoms with Gasteiger partial charge in [-0.25, -0.2) is 0 Å². The predicted octanol–water partition coefficient (Wildman–Crippen LogP) is 0.619. The van der Waals surface area contributed by atoms with Crippen molar-refractivity contribution in [2.45, 2.75) is 25.8 Å². The van der Waals surface area contributed by atoms with Crippen LogP contribution in [0.1, 0.15) is 19.8 Å². The number of rotatable bonds is 4. The first-order valence-electron chi connectivity index (χ1n) is 2.88. The van der Waals surface area contributed by atoms with Gasteiger partial charge in [0.15, 0.2) is 0 Å². The Hall–Kier alpha value is -0.140. The Morgan fingerprint density at radius 1 is 1.89 bits per heavy atom. The van der Waals surface area contributed by atoms with E-state index in [1.165, 1.54) is 0 Å². The summed E-state index contributed by atoms with van der Waals surface area (Å²) in [7, 11) is 2.32. The number of carboxylic acid groups (broad SMARTS) is 1. The van der Waals surface area contributed by atoms with E-state index in [9.17, 15) is 4.79 Å². The van der Waals surface area contributed by atoms with Gasteiger partial charge in [-0.05, 0) is 6.42 Å². The Kier molecular flexibility index (Phi) is 4.64. The summed E-state index contributed by atoms with van der Waals surface area (Å²) in [4.78, 5) is 10.1. The van der Waals surface area contributed by atoms with Crippen molar-refractivity contribution in [2.24, 2.45) is 0 Å². The zero-order chi connectivity index (χ0) is 7.28. The summed E-state index contributed by atoms with van der Waals surface area (Å²) in [5, 5.41) is 11.1. The van der Waals surface area contributed by atoms with Crippen molar-refractivity contribution < 1.29 is 9.90 Å². The molecule has 0 aliphatic carbocycles. The van der Waals surface area contributed by atoms with Crippen molar-refractivity contribution >= 4 is 15.4 Å². The molecule has 54 valence electrons. The maximum absolute atomic E-state index is 10.1. The molecular weight excluding hydrogens is 137 g/mol. The molecule has 0 aliphatic heterocycles. The molecule has 0 aliphatic rings. The first-order valence-corrected chi connectivity index (χ1v) is 3.46. The third-order valence-corrected chi connectivity index (χ3v) is 1.62. The fraction of sp³-hybridized carbons (Fsp3) is 0.800. The van der Waals surface area contributed by atoms with Gasteiger partial charge in [0.25, 0.3) is 0 Å². The molecule has 2 unspecified atom stereocenters. The van der Waals surface area contributed by atoms with E-state index in [1.54, 1.807) is 0 Å². The van der Waals surface area contributed by atoms with Crippen molar-refractivity contribution in [3.63, 3.8) is 0 Å². The van der Waals surface area contributed by atoms with Crippen LogP contribution in [0.25, 0.3) is 0 Å². The Labute approximate surface area is 57.1 Å². The minimum absolute atomic E-state index is 0.0903. The average Bonchev–Trinajstić information content (AvgIpc) is 1.82. The smallest absolute Gasteiger partial charge is 0.304 e. The van der Waals surface area contributed by atoms with Gasteiger partial charge in [0, 0.05) is 6.04 Å². The Morgan fingerprint density at radius 3 is 2.56 bits per heavy atom. The van der Waals surface area contributed by atoms with E-state index in [0.717, 1.165) is 6.42 Å². The summed E-state index contributed by atoms with van der Waals surface area (Å²) < 4.78 is 0. The third kappa shape index (κ3) is 4.37. The molecule has 3 nitrogen and oxygen atoms in total. The molecule has 0 fully saturated rings. The van der Waals surface area contributed by atoms with Crippen molar-refractivity contribution in [1.29, 1.82) is 0 Å². The monoisotopic (exact) mass is 149 g/mol. The SMILES string of the molecule is CCC(CC(=O)O)NP. The van der Waals surface area contributed by atoms with Crippen LogP contribution in [0.4, 0.5) is 0 Å². The van der Waals surface area contributed by atoms with E-state index in [4.69, 9.17) is 5.11 Å². The van der Waals surface area contributed by atoms with Crippen molar-refractivity contribution in [1.82, 2.24) is 5.09 Å². The summed E-state index contributed by atoms with van der Waals surface area (Å²) in [6, 6.07) is 0.0903. The molecule has 0 bridgehead atoms. The Morgan fingerprint density at radius 2 is 2.44 bits per heavy atom. The summed E-state index contributed by atoms with van der Waals surface area (Å²) >= 11 is 0. The van der Waals surface area contributed by atoms with Crippen LogP contribution in [0.2, 0.25) is 0 Å². The first kappa shape index (κ1) is 8.86. The molecule has 0 saturated carbocycles. The second kappa shape index (κ2) is 4.71. The maximum atomic E-state index is 10.1. The van der Waals surface area contributed by atoms with E-state index in [0.29, 0.717) is 0 Å². The molecule has 0 radical (unpaired) electrons. The van der Waals surface area contributed by atoms with E-state index >= 15 is 0 Å². The summed E-state index contributed by atoms with van der Waals surface area (Å²) in [5.41, 5.74) is 0. The Balaban J connectivity index is 3.43. The second-order valence-electron chi connectivity index (χ2n) is 1.87. The number of hydrogen-bond acceptors (Lipinski definition) is 2. The van der Waals surface area contributed by atoms with Crippen LogP contribution >= 0.6 is 9.39 Å². The van der Waals surface area contributed by atoms with Gasteiger partial charge in [-0.3, -0.25) is 9.88 Å². The average molecular weight is 149 g/mol. The fourth-order valence-electron chi connectivity index (χ4n) is 0.532. The zero-order valence-corrected chi connectivity index (χ0v) is 6.58. The van der Waals surface area contributed by atoms with Gasteiger partial charge in [-0.2, -0.15) is 0 Å². The fourth-order valence-corrected chi connectivity index (χ4v) is 0.885. The standard InChI is InChI=1S/C5H12NO2P/c1-2-4(6-9)3-5(7)8/h4,6H,2-3,9H2,1H3,(H,7,8). The quantitative estimate of drug-likeness (QED) is 0.576. The van der Waals surface area contributed by atoms with Crippen LogP contribution in [0.5, 0.6) is 0 Å². The first-order chi connectivity index (χ1) is 4.20. The highest BCUT2D eigenvalue weighted by atomic mass is 31.0. The van der Waals surface area contributed by atoms with Crippen molar-refractivity contribution in [3.05, 3.63) is 0 Å². The number of carboxylic acids is 1. The number of carbonyl (C=O) groups is 1. The summed E-state index contributed by atoms with van der Waals surface area (Å²) in [6.45, 7) is 1.95. The van der Waals surface area contributed by atoms with E-state index in [2.05, 4.69) is 14.5 Å². The molecule has 0 amide bonds. The third-order valence-electron chi connectivity index (χ3n) is 1.15. The Bertz CT molecular complexity index is 93.0. The molecule has 9 heavy (non-hydrogen) atoms. The molecule has 2 N–H and O–H groups in total. The van der Waals surface area contributed by atoms with Crippen molar-refractivity contribution in [3.8, 4) is 0 Å². The van der Waals surface area contributed by atoms with Gasteiger partial charge in [-0.15, -0.1) is 0 Å². The van der Waals surface area contributed by atoms with Gasteiger partial charge in [0.2, 0.25) is 0 Å². The normalized spacial score (nSPS) is 13.1. The molecule has 0 saturated heterocycles. The van der Waals surface area contributed by atoms with Crippen LogP contribution in [0, 0.1) is 0 Å². The van der Waals surface area contributed by atoms with Crippen LogP contribution < -0.4 is 5.09 Å². The molecule has 0 aromatic rings. The molecule has 0 heterocycles. The number of nitrogens with one attached hydrogen (secondary N) is 1. The van der Waals surface area contributed by atoms with Crippen molar-refractivity contribution in [2.75, 3.05) is 0 Å². The van der Waals surface area contributed by atoms with Gasteiger partial charge in [0.1, 0.15) is 0 Å². The van der Waals surface area contributed by atoms with Gasteiger partial charge < -0.3 is 5.11 Å². The lowest BCUT2D eigenvalue weighted by Crippen LogP contribution is -2.22. The summed E-state index contributed by atoms with van der Waals surface area (Å²) in [5.74, 6) is -0.753. The number of hydrogen-bond donors (Lipinski definition) is 2. The lowest BCUT2D eigenvalue weighted by Gasteiger charge is -2.08. The van der Waals surface area contributed by atoms with Crippen LogP contribution in [-0.4, -0.2) is 17.1 Å². The molecule has 4 heteroatoms. The molecule has 0 aromatic carbocycles. The minimum Gasteiger partial charge on any atom is -0.481 e. The van der Waals surface area contributed by atoms with Gasteiger partial charge >= 0.3 is 5.97 Å². The molecule has 2 atom stereocenters. The highest BCUT2D eigenvalue weighted by Crippen LogP contribution is 1.98. The highest BCUT2D eigenvalue weighted by Gasteiger charge is 2.06. The maximum Gasteiger partial charge on any atom is 0.304 e. The van der Waals surface area contributed by atoms with Gasteiger partial charge in [-0.1, -0.05) is 16.3 Å². The van der Waals surface area contributed by atoms with Crippen LogP contribution in [0.15, 0.2) is 0 Å². The molecular formula is C5H12NO2P. The largest absolute Gasteiger partial charge is 0.481 e. The summed E-state index contributed by atoms with van der Waals surface area (Å²) in [6.07, 6.45) is 1.04. The minimum atomic E-state index is -0.753. The molecule has 0 spiro atoms. The highest BCUT2D eigenvalue weighted by molar-refractivity contribution is 7.13. The van der Waals surface area contributed by atoms with E-state index < -0.39 is 5.97 Å². The van der Waals surface area contributed by atoms with Crippen LogP contribution in [0.3, 0.4) is 0 Å². The van der Waals surface area contributed by atoms with Gasteiger partial charge in [0.05, 0.1) is 6.42 Å². The molecule has 0 rings (SSSR count). The second-order valence-corrected chi connectivity index (χ2v) is 2.20. The number of aliphatic carboxylic acids is 1. The predicted molar refractivity (Wildman–Crippen MR) is 39.2 cm³/mol. The lowest BCUT2D eigenvalue weighted by atomic mass is 10.2. The lowest BCUT2D eigenvalue weighted by molar-refractivity contribution is -0.137. The zero-order valence-electron chi connectivity index (χ0n) is 5.42. The molecule has 0 aromatic heterocycles. The van der Waals surface area contributed by atoms with E-state index in [1.807, 2.05) is 6.92 Å². The topological polar surface area (TPSA) is 49.3 Å². The van der Waals surface area contributed by atoms with E-state index in [-0.39, 0.29) is 12.5 Å². The van der Waals surface area contributed by atoms with Crippen LogP contribution in [-0.2, 0) is 4.79 Å².